The zero-order chi connectivity index (χ0) is 95.4. The fourth-order valence-electron chi connectivity index (χ4n) is 21.8. The number of fused-ring (bicyclic) bond motifs is 24. The van der Waals surface area contributed by atoms with Crippen LogP contribution in [0.25, 0.3) is 166 Å². The van der Waals surface area contributed by atoms with Crippen molar-refractivity contribution < 1.29 is 35.6 Å². The van der Waals surface area contributed by atoms with E-state index in [4.69, 9.17) is 24.4 Å². The molecule has 0 spiro atoms. The van der Waals surface area contributed by atoms with Gasteiger partial charge in [-0.2, -0.15) is 12.1 Å². The maximum Gasteiger partial charge on any atom is 2.00 e. The van der Waals surface area contributed by atoms with Gasteiger partial charge in [0.05, 0.1) is 50.0 Å². The number of halogens is 1. The summed E-state index contributed by atoms with van der Waals surface area (Å²) in [6.45, 7) is 34.4. The van der Waals surface area contributed by atoms with Gasteiger partial charge in [-0.3, -0.25) is 18.3 Å². The Labute approximate surface area is 834 Å². The molecule has 0 radical (unpaired) electrons. The van der Waals surface area contributed by atoms with E-state index in [1.54, 1.807) is 6.07 Å². The molecule has 0 saturated carbocycles. The predicted molar refractivity (Wildman–Crippen MR) is 571 cm³/mol. The Bertz CT molecular complexity index is 8860. The molecule has 0 unspecified atom stereocenters. The van der Waals surface area contributed by atoms with Crippen LogP contribution in [0.5, 0.6) is 28.7 Å². The first-order chi connectivity index (χ1) is 66.9. The van der Waals surface area contributed by atoms with E-state index in [1.165, 1.54) is 121 Å². The Kier molecular flexibility index (Phi) is 20.8. The van der Waals surface area contributed by atoms with E-state index in [1.807, 2.05) is 128 Å². The largest absolute Gasteiger partial charge is 2.00 e. The van der Waals surface area contributed by atoms with Crippen LogP contribution in [0.2, 0.25) is 0 Å². The van der Waals surface area contributed by atoms with Gasteiger partial charge in [0.1, 0.15) is 51.6 Å². The number of hydrogen-bond acceptors (Lipinski definition) is 9. The smallest absolute Gasteiger partial charge is 0.509 e. The van der Waals surface area contributed by atoms with E-state index in [0.29, 0.717) is 11.5 Å². The molecule has 0 fully saturated rings. The van der Waals surface area contributed by atoms with Gasteiger partial charge in [0.2, 0.25) is 0 Å². The molecule has 0 saturated heterocycles. The number of para-hydroxylation sites is 3. The van der Waals surface area contributed by atoms with Crippen LogP contribution in [0.3, 0.4) is 0 Å². The van der Waals surface area contributed by atoms with Crippen molar-refractivity contribution in [2.75, 3.05) is 0 Å². The molecule has 17 heteroatoms. The molecule has 12 aromatic heterocycles. The van der Waals surface area contributed by atoms with Gasteiger partial charge in [0.15, 0.2) is 0 Å². The predicted octanol–water partition coefficient (Wildman–Crippen LogP) is 31.2. The van der Waals surface area contributed by atoms with Crippen molar-refractivity contribution in [2.45, 2.75) is 136 Å². The number of aromatic hydroxyl groups is 1. The minimum Gasteiger partial charge on any atom is -0.509 e. The third-order valence-corrected chi connectivity index (χ3v) is 29.5. The molecule has 0 atom stereocenters. The molecule has 24 aromatic rings. The number of hydrogen-bond donors (Lipinski definition) is 1. The summed E-state index contributed by atoms with van der Waals surface area (Å²) < 4.78 is 27.7. The van der Waals surface area contributed by atoms with Crippen LogP contribution in [-0.2, 0) is 53.6 Å². The quantitative estimate of drug-likeness (QED) is 0.154. The van der Waals surface area contributed by atoms with E-state index in [0.717, 1.165) is 111 Å². The average Bonchev–Trinajstić information content (AvgIpc) is 1.52. The number of phenols is 1. The molecule has 15 nitrogen and oxygen atoms in total. The molecular formula is C123H101BrN12O3Pt. The van der Waals surface area contributed by atoms with Crippen LogP contribution in [0.1, 0.15) is 154 Å². The maximum absolute atomic E-state index is 10.2. The van der Waals surface area contributed by atoms with Gasteiger partial charge in [-0.15, -0.1) is 35.2 Å². The normalized spacial score (nSPS) is 13.7. The van der Waals surface area contributed by atoms with Gasteiger partial charge in [-0.25, -0.2) is 29.9 Å². The third-order valence-electron chi connectivity index (χ3n) is 29.0. The zero-order valence-corrected chi connectivity index (χ0v) is 84.4. The zero-order valence-electron chi connectivity index (χ0n) is 80.6. The number of phenolic OH excluding ortho intramolecular Hbond substituents is 1. The van der Waals surface area contributed by atoms with Gasteiger partial charge in [0.25, 0.3) is 0 Å². The molecule has 0 bridgehead atoms. The molecule has 688 valence electrons. The summed E-state index contributed by atoms with van der Waals surface area (Å²) in [4.78, 5) is 28.4. The van der Waals surface area contributed by atoms with Crippen molar-refractivity contribution in [2.24, 2.45) is 0 Å². The molecule has 3 aliphatic heterocycles. The Morgan fingerprint density at radius 1 is 0.286 bits per heavy atom. The van der Waals surface area contributed by atoms with E-state index in [9.17, 15) is 5.11 Å². The molecule has 15 heterocycles. The molecule has 140 heavy (non-hydrogen) atoms. The van der Waals surface area contributed by atoms with Crippen LogP contribution < -0.4 is 9.47 Å². The van der Waals surface area contributed by atoms with Gasteiger partial charge in [0, 0.05) is 142 Å². The van der Waals surface area contributed by atoms with Gasteiger partial charge in [-0.05, 0) is 217 Å². The summed E-state index contributed by atoms with van der Waals surface area (Å²) in [5, 5.41) is 24.5. The molecule has 3 aliphatic rings. The van der Waals surface area contributed by atoms with Crippen LogP contribution >= 0.6 is 15.9 Å². The summed E-state index contributed by atoms with van der Waals surface area (Å²) in [5.74, 6) is 5.76. The monoisotopic (exact) mass is 2070 g/mol. The minimum atomic E-state index is -0.247. The van der Waals surface area contributed by atoms with Crippen LogP contribution in [-0.4, -0.2) is 62.4 Å². The molecule has 0 aliphatic carbocycles. The van der Waals surface area contributed by atoms with Gasteiger partial charge in [-0.1, -0.05) is 240 Å². The summed E-state index contributed by atoms with van der Waals surface area (Å²) in [5.41, 5.74) is 27.2. The number of pyridine rings is 6. The maximum atomic E-state index is 10.2. The van der Waals surface area contributed by atoms with Crippen molar-refractivity contribution in [1.82, 2.24) is 57.3 Å². The van der Waals surface area contributed by atoms with E-state index in [-0.39, 0.29) is 59.3 Å². The second kappa shape index (κ2) is 32.8. The number of benzene rings is 12. The number of ether oxygens (including phenoxy) is 2. The first-order valence-electron chi connectivity index (χ1n) is 47.6. The summed E-state index contributed by atoms with van der Waals surface area (Å²) in [6, 6.07) is 111. The van der Waals surface area contributed by atoms with Crippen LogP contribution in [0.15, 0.2) is 339 Å². The van der Waals surface area contributed by atoms with Gasteiger partial charge < -0.3 is 23.7 Å². The summed E-state index contributed by atoms with van der Waals surface area (Å²) in [6.07, 6.45) is 11.1. The topological polar surface area (TPSA) is 146 Å². The van der Waals surface area contributed by atoms with Crippen molar-refractivity contribution >= 4 is 147 Å². The van der Waals surface area contributed by atoms with E-state index < -0.39 is 0 Å². The van der Waals surface area contributed by atoms with Crippen LogP contribution in [0, 0.1) is 12.1 Å². The van der Waals surface area contributed by atoms with Crippen molar-refractivity contribution in [3.8, 4) is 63.3 Å². The number of nitrogens with zero attached hydrogens (tertiary/aromatic N) is 12. The Balaban J connectivity index is 0.000000109. The first-order valence-corrected chi connectivity index (χ1v) is 48.4. The second-order valence-corrected chi connectivity index (χ2v) is 42.6. The molecule has 12 aromatic carbocycles. The van der Waals surface area contributed by atoms with Crippen molar-refractivity contribution in [3.05, 3.63) is 401 Å². The van der Waals surface area contributed by atoms with E-state index in [2.05, 4.69) is 374 Å². The average molecular weight is 2070 g/mol. The molecular weight excluding hydrogens is 1970 g/mol. The Morgan fingerprint density at radius 3 is 1.14 bits per heavy atom. The fraction of sp³-hybridized carbons (Fsp3) is 0.171. The number of aromatic nitrogens is 12. The van der Waals surface area contributed by atoms with Gasteiger partial charge >= 0.3 is 21.1 Å². The Hall–Kier alpha value is -15.1. The standard InChI is InChI=1S/C41H34N4O.C41H32N4O.C24H24N2O.C17H11BrN2.Pt/c2*1-40(2,3)25-21-31-30-12-10-20-43-39(30)45-36-24-27(16-18-32(36)41(4,5)33(22-25)38(31)45)46-26-15-17-29-28-11-6-7-13-34(28)44(35(29)23-26)37-14-8-9-19-42-37;1-23(2,3)14-11-17-16-7-6-10-25-22(16)26-20-13-15(27)8-9-18(20)24(4,5)19(12-14)21(17)26;18-12-8-9-14-13-5-1-2-6-15(13)20(16(14)11-12)17-7-3-4-10-19-17;/h6-24H,1-5H3;6-22H,1-5H3;6-13,27H,1-5H3;1-11H;/q;-2;;;+2. The summed E-state index contributed by atoms with van der Waals surface area (Å²) >= 11 is 3.56. The minimum absolute atomic E-state index is 0. The number of rotatable bonds is 7. The fourth-order valence-corrected chi connectivity index (χ4v) is 22.2. The molecule has 0 amide bonds. The summed E-state index contributed by atoms with van der Waals surface area (Å²) in [7, 11) is 0. The van der Waals surface area contributed by atoms with E-state index >= 15 is 0 Å². The SMILES string of the molecule is Brc1ccc2c3ccccc3n(-c3ccccn3)c2c1.CC(C)(C)c1cc2c3c(c1)c1cccnc1n3-c1[c-]c(Oc3[c-]c4c(cc3)c3ccccc3n4-c3ccccn3)ccc1C2(C)C.CC(C)(C)c1cc2c3c(c1)c1cccnc1n3-c1cc(O)ccc1C2(C)C.CC(C)(C)c1cc2c3c(c1)c1cccnc1n3-c1cc(Oc3ccc4c5ccccc5n(-c5ccccn5)c4c3)ccc1C2(C)C.[Pt+2]. The molecule has 1 N–H and O–H groups in total. The van der Waals surface area contributed by atoms with Crippen molar-refractivity contribution in [3.63, 3.8) is 0 Å². The molecule has 27 rings (SSSR count). The third kappa shape index (κ3) is 14.2. The van der Waals surface area contributed by atoms with Crippen LogP contribution in [0.4, 0.5) is 0 Å². The first kappa shape index (κ1) is 88.9. The van der Waals surface area contributed by atoms with Crippen molar-refractivity contribution in [1.29, 1.82) is 0 Å². The Morgan fingerprint density at radius 2 is 0.650 bits per heavy atom. The second-order valence-electron chi connectivity index (χ2n) is 41.7.